The Morgan fingerprint density at radius 3 is 2.93 bits per heavy atom. The summed E-state index contributed by atoms with van der Waals surface area (Å²) in [6.07, 6.45) is 1.65. The minimum atomic E-state index is -0.449. The number of aryl methyl sites for hydroxylation is 1. The van der Waals surface area contributed by atoms with Gasteiger partial charge in [-0.05, 0) is 31.5 Å². The van der Waals surface area contributed by atoms with E-state index in [1.54, 1.807) is 6.20 Å². The molecule has 148 valence electrons. The third-order valence-corrected chi connectivity index (χ3v) is 6.06. The molecule has 0 radical (unpaired) electrons. The fourth-order valence-electron chi connectivity index (χ4n) is 3.67. The normalized spacial score (nSPS) is 15.7. The van der Waals surface area contributed by atoms with Crippen molar-refractivity contribution in [3.05, 3.63) is 41.3 Å². The molecule has 5 rings (SSSR count). The van der Waals surface area contributed by atoms with E-state index in [0.29, 0.717) is 24.4 Å². The van der Waals surface area contributed by atoms with Crippen LogP contribution in [0.3, 0.4) is 0 Å². The van der Waals surface area contributed by atoms with E-state index in [1.165, 1.54) is 17.4 Å². The van der Waals surface area contributed by atoms with Crippen molar-refractivity contribution >= 4 is 32.6 Å². The zero-order chi connectivity index (χ0) is 20.1. The molecule has 0 spiro atoms. The first-order valence-electron chi connectivity index (χ1n) is 9.37. The molecule has 0 saturated heterocycles. The van der Waals surface area contributed by atoms with E-state index in [4.69, 9.17) is 9.47 Å². The van der Waals surface area contributed by atoms with Crippen molar-refractivity contribution in [3.63, 3.8) is 0 Å². The number of benzene rings is 2. The van der Waals surface area contributed by atoms with Gasteiger partial charge in [0.05, 0.1) is 40.7 Å². The largest absolute Gasteiger partial charge is 0.484 e. The fraction of sp³-hybridized carbons (Fsp3) is 0.286. The molecule has 1 aliphatic heterocycles. The number of halogens is 1. The standard InChI is InChI=1S/C21H18FN3O3S/c1-3-27-17-8-23-18-12(4-10(2)5-15(18)24-17)21-25-16-7-14(22)19-13(20(16)29-21)6-11(9-26)28-19/h4-5,7-8,11,26H,3,6,9H2,1-2H3/t11-/m0/s1. The van der Waals surface area contributed by atoms with Crippen molar-refractivity contribution in [1.29, 1.82) is 0 Å². The number of thiazole rings is 1. The fourth-order valence-corrected chi connectivity index (χ4v) is 4.78. The zero-order valence-corrected chi connectivity index (χ0v) is 16.7. The molecule has 0 bridgehead atoms. The van der Waals surface area contributed by atoms with Gasteiger partial charge in [0.1, 0.15) is 11.1 Å². The lowest BCUT2D eigenvalue weighted by atomic mass is 10.1. The van der Waals surface area contributed by atoms with E-state index < -0.39 is 11.9 Å². The van der Waals surface area contributed by atoms with Crippen LogP contribution in [-0.2, 0) is 6.42 Å². The van der Waals surface area contributed by atoms with Gasteiger partial charge in [-0.1, -0.05) is 0 Å². The quantitative estimate of drug-likeness (QED) is 0.546. The second-order valence-electron chi connectivity index (χ2n) is 6.98. The van der Waals surface area contributed by atoms with Crippen LogP contribution in [0.25, 0.3) is 31.8 Å². The maximum Gasteiger partial charge on any atom is 0.232 e. The zero-order valence-electron chi connectivity index (χ0n) is 15.9. The number of fused-ring (bicyclic) bond motifs is 4. The number of aliphatic hydroxyl groups excluding tert-OH is 1. The van der Waals surface area contributed by atoms with Gasteiger partial charge in [-0.2, -0.15) is 0 Å². The molecule has 1 aliphatic rings. The van der Waals surface area contributed by atoms with Gasteiger partial charge in [0.15, 0.2) is 11.6 Å². The Labute approximate surface area is 170 Å². The lowest BCUT2D eigenvalue weighted by Gasteiger charge is -2.07. The van der Waals surface area contributed by atoms with E-state index >= 15 is 0 Å². The molecule has 3 heterocycles. The Balaban J connectivity index is 1.69. The molecule has 2 aromatic carbocycles. The Morgan fingerprint density at radius 1 is 1.28 bits per heavy atom. The van der Waals surface area contributed by atoms with Gasteiger partial charge < -0.3 is 14.6 Å². The molecule has 1 atom stereocenters. The number of nitrogens with zero attached hydrogens (tertiary/aromatic N) is 3. The Kier molecular flexibility index (Phi) is 4.33. The summed E-state index contributed by atoms with van der Waals surface area (Å²) in [7, 11) is 0. The number of rotatable bonds is 4. The molecule has 2 aromatic heterocycles. The average Bonchev–Trinajstić information content (AvgIpc) is 3.31. The second-order valence-corrected chi connectivity index (χ2v) is 7.98. The lowest BCUT2D eigenvalue weighted by molar-refractivity contribution is 0.131. The molecular weight excluding hydrogens is 393 g/mol. The molecule has 1 N–H and O–H groups in total. The number of hydrogen-bond donors (Lipinski definition) is 1. The predicted octanol–water partition coefficient (Wildman–Crippen LogP) is 4.05. The topological polar surface area (TPSA) is 77.4 Å². The molecule has 0 unspecified atom stereocenters. The van der Waals surface area contributed by atoms with Gasteiger partial charge in [0, 0.05) is 23.6 Å². The van der Waals surface area contributed by atoms with Crippen LogP contribution in [0.2, 0.25) is 0 Å². The van der Waals surface area contributed by atoms with E-state index in [2.05, 4.69) is 15.0 Å². The van der Waals surface area contributed by atoms with Crippen molar-refractivity contribution in [1.82, 2.24) is 15.0 Å². The Bertz CT molecular complexity index is 1260. The van der Waals surface area contributed by atoms with E-state index in [0.717, 1.165) is 37.4 Å². The number of ether oxygens (including phenoxy) is 2. The average molecular weight is 411 g/mol. The van der Waals surface area contributed by atoms with Gasteiger partial charge in [-0.3, -0.25) is 0 Å². The van der Waals surface area contributed by atoms with Crippen LogP contribution >= 0.6 is 11.3 Å². The predicted molar refractivity (Wildman–Crippen MR) is 109 cm³/mol. The minimum Gasteiger partial charge on any atom is -0.484 e. The van der Waals surface area contributed by atoms with Gasteiger partial charge in [-0.15, -0.1) is 11.3 Å². The van der Waals surface area contributed by atoms with Crippen LogP contribution in [0, 0.1) is 12.7 Å². The third-order valence-electron chi connectivity index (χ3n) is 4.89. The molecule has 6 nitrogen and oxygen atoms in total. The molecular formula is C21H18FN3O3S. The summed E-state index contributed by atoms with van der Waals surface area (Å²) in [5.41, 5.74) is 4.67. The maximum absolute atomic E-state index is 14.5. The minimum absolute atomic E-state index is 0.151. The SMILES string of the molecule is CCOc1cnc2c(-c3nc4cc(F)c5c(c4s3)C[C@@H](CO)O5)cc(C)cc2n1. The third kappa shape index (κ3) is 2.99. The summed E-state index contributed by atoms with van der Waals surface area (Å²) in [5, 5.41) is 10.2. The summed E-state index contributed by atoms with van der Waals surface area (Å²) in [5.74, 6) is 0.255. The highest BCUT2D eigenvalue weighted by molar-refractivity contribution is 7.22. The smallest absolute Gasteiger partial charge is 0.232 e. The molecule has 0 saturated carbocycles. The van der Waals surface area contributed by atoms with Crippen molar-refractivity contribution in [2.75, 3.05) is 13.2 Å². The summed E-state index contributed by atoms with van der Waals surface area (Å²) < 4.78 is 26.4. The highest BCUT2D eigenvalue weighted by Crippen LogP contribution is 2.43. The van der Waals surface area contributed by atoms with Crippen LogP contribution in [0.1, 0.15) is 18.1 Å². The van der Waals surface area contributed by atoms with Gasteiger partial charge >= 0.3 is 0 Å². The van der Waals surface area contributed by atoms with Crippen molar-refractivity contribution in [3.8, 4) is 22.2 Å². The van der Waals surface area contributed by atoms with Crippen molar-refractivity contribution in [2.45, 2.75) is 26.4 Å². The van der Waals surface area contributed by atoms with E-state index in [9.17, 15) is 9.50 Å². The Hall–Kier alpha value is -2.84. The molecule has 8 heteroatoms. The van der Waals surface area contributed by atoms with Crippen LogP contribution in [0.5, 0.6) is 11.6 Å². The highest BCUT2D eigenvalue weighted by atomic mass is 32.1. The summed E-state index contributed by atoms with van der Waals surface area (Å²) in [6.45, 7) is 4.26. The first kappa shape index (κ1) is 18.2. The second kappa shape index (κ2) is 6.89. The van der Waals surface area contributed by atoms with E-state index in [1.807, 2.05) is 26.0 Å². The monoisotopic (exact) mass is 411 g/mol. The molecule has 0 amide bonds. The Morgan fingerprint density at radius 2 is 2.14 bits per heavy atom. The van der Waals surface area contributed by atoms with Crippen LogP contribution in [-0.4, -0.2) is 39.4 Å². The number of aromatic nitrogens is 3. The van der Waals surface area contributed by atoms with Gasteiger partial charge in [-0.25, -0.2) is 19.3 Å². The highest BCUT2D eigenvalue weighted by Gasteiger charge is 2.29. The lowest BCUT2D eigenvalue weighted by Crippen LogP contribution is -2.17. The molecule has 4 aromatic rings. The summed E-state index contributed by atoms with van der Waals surface area (Å²) in [4.78, 5) is 13.8. The summed E-state index contributed by atoms with van der Waals surface area (Å²) >= 11 is 1.48. The first-order valence-corrected chi connectivity index (χ1v) is 10.2. The van der Waals surface area contributed by atoms with Crippen LogP contribution in [0.4, 0.5) is 4.39 Å². The molecule has 0 fully saturated rings. The van der Waals surface area contributed by atoms with E-state index in [-0.39, 0.29) is 12.4 Å². The number of aliphatic hydroxyl groups is 1. The van der Waals surface area contributed by atoms with Gasteiger partial charge in [0.2, 0.25) is 5.88 Å². The maximum atomic E-state index is 14.5. The van der Waals surface area contributed by atoms with Gasteiger partial charge in [0.25, 0.3) is 0 Å². The van der Waals surface area contributed by atoms with Crippen molar-refractivity contribution < 1.29 is 19.0 Å². The van der Waals surface area contributed by atoms with Crippen LogP contribution in [0.15, 0.2) is 24.4 Å². The molecule has 29 heavy (non-hydrogen) atoms. The molecule has 0 aliphatic carbocycles. The summed E-state index contributed by atoms with van der Waals surface area (Å²) in [6, 6.07) is 5.36. The number of hydrogen-bond acceptors (Lipinski definition) is 7. The van der Waals surface area contributed by atoms with Crippen molar-refractivity contribution in [2.24, 2.45) is 0 Å². The van der Waals surface area contributed by atoms with Crippen LogP contribution < -0.4 is 9.47 Å². The first-order chi connectivity index (χ1) is 14.1.